The van der Waals surface area contributed by atoms with Gasteiger partial charge in [0.05, 0.1) is 11.6 Å². The van der Waals surface area contributed by atoms with Gasteiger partial charge in [-0.05, 0) is 23.1 Å². The maximum absolute atomic E-state index is 12.8. The van der Waals surface area contributed by atoms with Gasteiger partial charge in [-0.15, -0.1) is 0 Å². The van der Waals surface area contributed by atoms with Crippen LogP contribution in [0.3, 0.4) is 0 Å². The van der Waals surface area contributed by atoms with Crippen LogP contribution in [0.4, 0.5) is 0 Å². The van der Waals surface area contributed by atoms with Crippen molar-refractivity contribution >= 4 is 27.5 Å². The summed E-state index contributed by atoms with van der Waals surface area (Å²) in [5.41, 5.74) is 1.15. The van der Waals surface area contributed by atoms with Crippen molar-refractivity contribution in [1.29, 1.82) is 5.26 Å². The Morgan fingerprint density at radius 1 is 1.31 bits per heavy atom. The third-order valence-corrected chi connectivity index (χ3v) is 5.09. The zero-order valence-corrected chi connectivity index (χ0v) is 16.4. The molecule has 0 saturated carbocycles. The lowest BCUT2D eigenvalue weighted by molar-refractivity contribution is -0.119. The topological polar surface area (TPSA) is 79.2 Å². The molecule has 0 bridgehead atoms. The minimum atomic E-state index is -0.451. The van der Waals surface area contributed by atoms with Gasteiger partial charge in [-0.25, -0.2) is 0 Å². The Bertz CT molecular complexity index is 889. The van der Waals surface area contributed by atoms with Gasteiger partial charge in [0.15, 0.2) is 17.1 Å². The highest BCUT2D eigenvalue weighted by Crippen LogP contribution is 2.44. The molecule has 1 aliphatic heterocycles. The molecule has 0 fully saturated rings. The van der Waals surface area contributed by atoms with E-state index < -0.39 is 6.04 Å². The first-order valence-corrected chi connectivity index (χ1v) is 9.12. The average molecular weight is 415 g/mol. The van der Waals surface area contributed by atoms with Crippen molar-refractivity contribution in [2.24, 2.45) is 5.41 Å². The van der Waals surface area contributed by atoms with Gasteiger partial charge in [0.25, 0.3) is 0 Å². The lowest BCUT2D eigenvalue weighted by Gasteiger charge is -2.39. The van der Waals surface area contributed by atoms with Crippen LogP contribution in [0, 0.1) is 16.7 Å². The van der Waals surface area contributed by atoms with Crippen molar-refractivity contribution in [2.75, 3.05) is 0 Å². The molecule has 134 valence electrons. The van der Waals surface area contributed by atoms with E-state index in [1.54, 1.807) is 0 Å². The Morgan fingerprint density at radius 3 is 2.54 bits per heavy atom. The predicted octanol–water partition coefficient (Wildman–Crippen LogP) is 4.08. The number of nitrogens with zero attached hydrogens (tertiary/aromatic N) is 1. The molecular weight excluding hydrogens is 396 g/mol. The second-order valence-corrected chi connectivity index (χ2v) is 8.30. The molecule has 1 atom stereocenters. The molecule has 5 nitrogen and oxygen atoms in total. The Balaban J connectivity index is 2.17. The van der Waals surface area contributed by atoms with E-state index in [2.05, 4.69) is 21.2 Å². The molecule has 6 heteroatoms. The molecule has 1 aliphatic carbocycles. The molecule has 0 radical (unpaired) electrons. The van der Waals surface area contributed by atoms with Crippen LogP contribution < -0.4 is 5.32 Å². The lowest BCUT2D eigenvalue weighted by Crippen LogP contribution is -2.39. The van der Waals surface area contributed by atoms with Crippen LogP contribution in [0.15, 0.2) is 51.5 Å². The van der Waals surface area contributed by atoms with E-state index in [9.17, 15) is 14.9 Å². The molecule has 0 saturated heterocycles. The van der Waals surface area contributed by atoms with Crippen LogP contribution in [0.25, 0.3) is 0 Å². The number of rotatable bonds is 2. The third-order valence-electron chi connectivity index (χ3n) is 4.56. The minimum Gasteiger partial charge on any atom is -0.444 e. The van der Waals surface area contributed by atoms with E-state index in [-0.39, 0.29) is 28.4 Å². The van der Waals surface area contributed by atoms with Crippen molar-refractivity contribution in [2.45, 2.75) is 39.7 Å². The quantitative estimate of drug-likeness (QED) is 0.582. The van der Waals surface area contributed by atoms with Crippen molar-refractivity contribution in [3.8, 4) is 6.07 Å². The van der Waals surface area contributed by atoms with Crippen molar-refractivity contribution in [1.82, 2.24) is 5.32 Å². The number of carbonyl (C=O) groups is 2. The Morgan fingerprint density at radius 2 is 1.96 bits per heavy atom. The summed E-state index contributed by atoms with van der Waals surface area (Å²) < 4.78 is 6.79. The molecule has 1 heterocycles. The third kappa shape index (κ3) is 3.45. The fraction of sp³-hybridized carbons (Fsp3) is 0.350. The van der Waals surface area contributed by atoms with Crippen molar-refractivity contribution in [3.63, 3.8) is 0 Å². The summed E-state index contributed by atoms with van der Waals surface area (Å²) >= 11 is 3.41. The number of Topliss-reactive ketones (excluding diaryl/α,β-unsaturated/α-hetero) is 2. The molecule has 1 N–H and O–H groups in total. The molecule has 0 spiro atoms. The summed E-state index contributed by atoms with van der Waals surface area (Å²) in [4.78, 5) is 24.7. The largest absolute Gasteiger partial charge is 0.444 e. The molecular formula is C20H19BrN2O3. The fourth-order valence-corrected chi connectivity index (χ4v) is 3.63. The van der Waals surface area contributed by atoms with Crippen LogP contribution in [-0.2, 0) is 14.3 Å². The van der Waals surface area contributed by atoms with Gasteiger partial charge in [-0.2, -0.15) is 5.26 Å². The van der Waals surface area contributed by atoms with E-state index in [0.717, 1.165) is 10.0 Å². The monoisotopic (exact) mass is 414 g/mol. The van der Waals surface area contributed by atoms with Crippen LogP contribution in [0.5, 0.6) is 0 Å². The van der Waals surface area contributed by atoms with Gasteiger partial charge in [0, 0.05) is 24.2 Å². The number of carbonyl (C=O) groups excluding carboxylic acids is 2. The summed E-state index contributed by atoms with van der Waals surface area (Å²) in [5.74, 6) is 0.311. The number of benzene rings is 1. The summed E-state index contributed by atoms with van der Waals surface area (Å²) in [6, 6.07) is 9.05. The van der Waals surface area contributed by atoms with E-state index in [1.165, 1.54) is 6.92 Å². The molecule has 1 unspecified atom stereocenters. The second kappa shape index (κ2) is 6.73. The minimum absolute atomic E-state index is 0.0250. The fourth-order valence-electron chi connectivity index (χ4n) is 3.36. The maximum atomic E-state index is 12.8. The zero-order valence-electron chi connectivity index (χ0n) is 14.9. The van der Waals surface area contributed by atoms with Crippen LogP contribution in [0.2, 0.25) is 0 Å². The molecule has 3 rings (SSSR count). The van der Waals surface area contributed by atoms with Crippen LogP contribution in [0.1, 0.15) is 45.2 Å². The molecule has 1 aromatic rings. The number of hydrogen-bond donors (Lipinski definition) is 1. The van der Waals surface area contributed by atoms with Gasteiger partial charge < -0.3 is 10.1 Å². The first-order valence-electron chi connectivity index (χ1n) is 8.33. The molecule has 26 heavy (non-hydrogen) atoms. The number of allylic oxidation sites excluding steroid dienone is 2. The number of nitrogens with one attached hydrogen (secondary N) is 1. The second-order valence-electron chi connectivity index (χ2n) is 7.38. The molecule has 2 aliphatic rings. The maximum Gasteiger partial charge on any atom is 0.215 e. The Labute approximate surface area is 160 Å². The van der Waals surface area contributed by atoms with Crippen LogP contribution >= 0.6 is 15.9 Å². The highest BCUT2D eigenvalue weighted by molar-refractivity contribution is 9.10. The van der Waals surface area contributed by atoms with Crippen LogP contribution in [-0.4, -0.2) is 11.6 Å². The van der Waals surface area contributed by atoms with Crippen molar-refractivity contribution < 1.29 is 14.3 Å². The predicted molar refractivity (Wildman–Crippen MR) is 99.5 cm³/mol. The van der Waals surface area contributed by atoms with Gasteiger partial charge >= 0.3 is 0 Å². The first-order chi connectivity index (χ1) is 12.2. The standard InChI is InChI=1S/C20H19BrN2O3/c1-11(24)14(10-22)19-23-18(12-4-6-13(21)7-5-12)17-15(25)8-20(2,3)9-16(17)26-19/h4-7,18,23H,8-9H2,1-3H3/b19-14+. The lowest BCUT2D eigenvalue weighted by atomic mass is 9.74. The van der Waals surface area contributed by atoms with Gasteiger partial charge in [0.1, 0.15) is 11.8 Å². The summed E-state index contributed by atoms with van der Waals surface area (Å²) in [7, 11) is 0. The Hall–Kier alpha value is -2.39. The first kappa shape index (κ1) is 18.4. The summed E-state index contributed by atoms with van der Waals surface area (Å²) in [6.07, 6.45) is 1.00. The van der Waals surface area contributed by atoms with E-state index >= 15 is 0 Å². The Kier molecular flexibility index (Phi) is 4.76. The number of halogens is 1. The van der Waals surface area contributed by atoms with E-state index in [4.69, 9.17) is 4.74 Å². The molecule has 1 aromatic carbocycles. The number of nitriles is 1. The van der Waals surface area contributed by atoms with Gasteiger partial charge in [0.2, 0.25) is 5.88 Å². The van der Waals surface area contributed by atoms with E-state index in [1.807, 2.05) is 44.2 Å². The normalized spacial score (nSPS) is 23.3. The molecule has 0 aromatic heterocycles. The average Bonchev–Trinajstić information content (AvgIpc) is 2.53. The highest BCUT2D eigenvalue weighted by atomic mass is 79.9. The number of ether oxygens (including phenoxy) is 1. The summed E-state index contributed by atoms with van der Waals surface area (Å²) in [6.45, 7) is 5.34. The molecule has 0 amide bonds. The smallest absolute Gasteiger partial charge is 0.215 e. The highest BCUT2D eigenvalue weighted by Gasteiger charge is 2.41. The SMILES string of the molecule is CC(=O)/C(C#N)=C1\NC(c2ccc(Br)cc2)C2=C(CC(C)(C)CC2=O)O1. The van der Waals surface area contributed by atoms with E-state index in [0.29, 0.717) is 24.2 Å². The zero-order chi connectivity index (χ0) is 19.1. The number of ketones is 2. The number of hydrogen-bond acceptors (Lipinski definition) is 5. The van der Waals surface area contributed by atoms with Gasteiger partial charge in [-0.1, -0.05) is 41.9 Å². The van der Waals surface area contributed by atoms with Gasteiger partial charge in [-0.3, -0.25) is 9.59 Å². The summed E-state index contributed by atoms with van der Waals surface area (Å²) in [5, 5.41) is 12.5. The van der Waals surface area contributed by atoms with Crippen molar-refractivity contribution in [3.05, 3.63) is 57.1 Å².